The summed E-state index contributed by atoms with van der Waals surface area (Å²) in [6.07, 6.45) is 1.25. The van der Waals surface area contributed by atoms with E-state index in [2.05, 4.69) is 4.74 Å². The highest BCUT2D eigenvalue weighted by molar-refractivity contribution is 5.95. The van der Waals surface area contributed by atoms with Crippen LogP contribution in [0.4, 0.5) is 8.78 Å². The molecule has 0 aliphatic carbocycles. The SMILES string of the molecule is O=C(O)CC1CCCN1C(=O)c1cccc(OC(F)F)c1. The molecule has 1 atom stereocenters. The van der Waals surface area contributed by atoms with Crippen molar-refractivity contribution in [1.82, 2.24) is 4.90 Å². The van der Waals surface area contributed by atoms with E-state index in [1.54, 1.807) is 0 Å². The van der Waals surface area contributed by atoms with Gasteiger partial charge in [0.1, 0.15) is 5.75 Å². The summed E-state index contributed by atoms with van der Waals surface area (Å²) in [4.78, 5) is 24.6. The highest BCUT2D eigenvalue weighted by Gasteiger charge is 2.31. The zero-order valence-electron chi connectivity index (χ0n) is 11.2. The molecule has 1 N–H and O–H groups in total. The van der Waals surface area contributed by atoms with Crippen LogP contribution in [0.15, 0.2) is 24.3 Å². The van der Waals surface area contributed by atoms with Gasteiger partial charge in [0, 0.05) is 18.2 Å². The first kappa shape index (κ1) is 15.2. The molecule has 1 amide bonds. The molecule has 5 nitrogen and oxygen atoms in total. The second-order valence-electron chi connectivity index (χ2n) is 4.80. The molecule has 0 radical (unpaired) electrons. The molecule has 21 heavy (non-hydrogen) atoms. The van der Waals surface area contributed by atoms with E-state index >= 15 is 0 Å². The maximum Gasteiger partial charge on any atom is 0.387 e. The van der Waals surface area contributed by atoms with Crippen LogP contribution < -0.4 is 4.74 Å². The lowest BCUT2D eigenvalue weighted by molar-refractivity contribution is -0.137. The average Bonchev–Trinajstić information content (AvgIpc) is 2.84. The number of alkyl halides is 2. The molecule has 1 heterocycles. The number of rotatable bonds is 5. The number of hydrogen-bond acceptors (Lipinski definition) is 3. The minimum absolute atomic E-state index is 0.0927. The number of carbonyl (C=O) groups excluding carboxylic acids is 1. The smallest absolute Gasteiger partial charge is 0.387 e. The molecule has 7 heteroatoms. The Balaban J connectivity index is 2.13. The molecule has 1 aromatic rings. The number of aliphatic carboxylic acids is 1. The number of carboxylic acids is 1. The molecule has 1 aliphatic heterocycles. The standard InChI is InChI=1S/C14H15F2NO4/c15-14(16)21-11-5-1-3-9(7-11)13(20)17-6-2-4-10(17)8-12(18)19/h1,3,5,7,10,14H,2,4,6,8H2,(H,18,19). The number of halogens is 2. The molecule has 0 aromatic heterocycles. The quantitative estimate of drug-likeness (QED) is 0.906. The van der Waals surface area contributed by atoms with Gasteiger partial charge in [-0.15, -0.1) is 0 Å². The summed E-state index contributed by atoms with van der Waals surface area (Å²) in [5.41, 5.74) is 0.213. The van der Waals surface area contributed by atoms with Crippen LogP contribution in [0.1, 0.15) is 29.6 Å². The van der Waals surface area contributed by atoms with Crippen molar-refractivity contribution in [1.29, 1.82) is 0 Å². The number of benzene rings is 1. The van der Waals surface area contributed by atoms with Crippen LogP contribution in [0, 0.1) is 0 Å². The van der Waals surface area contributed by atoms with Crippen molar-refractivity contribution >= 4 is 11.9 Å². The Labute approximate surface area is 120 Å². The normalized spacial score (nSPS) is 18.0. The minimum atomic E-state index is -2.96. The Morgan fingerprint density at radius 3 is 2.86 bits per heavy atom. The molecule has 1 saturated heterocycles. The molecule has 1 unspecified atom stereocenters. The highest BCUT2D eigenvalue weighted by Crippen LogP contribution is 2.24. The second-order valence-corrected chi connectivity index (χ2v) is 4.80. The Hall–Kier alpha value is -2.18. The number of hydrogen-bond donors (Lipinski definition) is 1. The van der Waals surface area contributed by atoms with Gasteiger partial charge >= 0.3 is 12.6 Å². The van der Waals surface area contributed by atoms with E-state index < -0.39 is 12.6 Å². The summed E-state index contributed by atoms with van der Waals surface area (Å²) in [5.74, 6) is -1.42. The third kappa shape index (κ3) is 3.90. The molecular weight excluding hydrogens is 284 g/mol. The Bertz CT molecular complexity index is 535. The van der Waals surface area contributed by atoms with E-state index in [0.717, 1.165) is 6.42 Å². The van der Waals surface area contributed by atoms with Crippen molar-refractivity contribution in [3.8, 4) is 5.75 Å². The number of nitrogens with zero attached hydrogens (tertiary/aromatic N) is 1. The van der Waals surface area contributed by atoms with Crippen molar-refractivity contribution in [2.75, 3.05) is 6.54 Å². The van der Waals surface area contributed by atoms with E-state index in [9.17, 15) is 18.4 Å². The Kier molecular flexibility index (Phi) is 4.72. The molecule has 1 fully saturated rings. The summed E-state index contributed by atoms with van der Waals surface area (Å²) in [5, 5.41) is 8.85. The third-order valence-electron chi connectivity index (χ3n) is 3.35. The number of ether oxygens (including phenoxy) is 1. The van der Waals surface area contributed by atoms with Gasteiger partial charge in [-0.1, -0.05) is 6.07 Å². The first-order valence-corrected chi connectivity index (χ1v) is 6.55. The fourth-order valence-electron chi connectivity index (χ4n) is 2.49. The summed E-state index contributed by atoms with van der Waals surface area (Å²) in [6.45, 7) is -2.49. The van der Waals surface area contributed by atoms with E-state index in [4.69, 9.17) is 5.11 Å². The summed E-state index contributed by atoms with van der Waals surface area (Å²) < 4.78 is 28.6. The minimum Gasteiger partial charge on any atom is -0.481 e. The molecular formula is C14H15F2NO4. The number of carboxylic acid groups (broad SMARTS) is 1. The molecule has 0 bridgehead atoms. The molecule has 0 spiro atoms. The predicted molar refractivity (Wildman–Crippen MR) is 69.4 cm³/mol. The zero-order valence-corrected chi connectivity index (χ0v) is 11.2. The van der Waals surface area contributed by atoms with Gasteiger partial charge in [0.25, 0.3) is 5.91 Å². The van der Waals surface area contributed by atoms with Crippen LogP contribution in [-0.4, -0.2) is 41.1 Å². The average molecular weight is 299 g/mol. The maximum atomic E-state index is 12.4. The molecule has 114 valence electrons. The van der Waals surface area contributed by atoms with E-state index in [-0.39, 0.29) is 29.7 Å². The first-order valence-electron chi connectivity index (χ1n) is 6.55. The largest absolute Gasteiger partial charge is 0.481 e. The van der Waals surface area contributed by atoms with Gasteiger partial charge in [-0.25, -0.2) is 0 Å². The van der Waals surface area contributed by atoms with Gasteiger partial charge in [0.15, 0.2) is 0 Å². The topological polar surface area (TPSA) is 66.8 Å². The van der Waals surface area contributed by atoms with Crippen LogP contribution in [-0.2, 0) is 4.79 Å². The second kappa shape index (κ2) is 6.51. The molecule has 1 aliphatic rings. The van der Waals surface area contributed by atoms with Crippen molar-refractivity contribution in [3.63, 3.8) is 0 Å². The van der Waals surface area contributed by atoms with Crippen LogP contribution in [0.25, 0.3) is 0 Å². The van der Waals surface area contributed by atoms with Crippen molar-refractivity contribution < 1.29 is 28.2 Å². The van der Waals surface area contributed by atoms with Crippen LogP contribution in [0.3, 0.4) is 0 Å². The van der Waals surface area contributed by atoms with E-state index in [1.165, 1.54) is 29.2 Å². The van der Waals surface area contributed by atoms with Crippen molar-refractivity contribution in [2.24, 2.45) is 0 Å². The van der Waals surface area contributed by atoms with Gasteiger partial charge in [-0.2, -0.15) is 8.78 Å². The molecule has 0 saturated carbocycles. The fourth-order valence-corrected chi connectivity index (χ4v) is 2.49. The lowest BCUT2D eigenvalue weighted by atomic mass is 10.1. The predicted octanol–water partition coefficient (Wildman–Crippen LogP) is 2.37. The maximum absolute atomic E-state index is 12.4. The Morgan fingerprint density at radius 1 is 1.43 bits per heavy atom. The lowest BCUT2D eigenvalue weighted by Crippen LogP contribution is -2.36. The van der Waals surface area contributed by atoms with Gasteiger partial charge in [0.2, 0.25) is 0 Å². The van der Waals surface area contributed by atoms with Crippen LogP contribution >= 0.6 is 0 Å². The number of likely N-dealkylation sites (tertiary alicyclic amines) is 1. The summed E-state index contributed by atoms with van der Waals surface area (Å²) in [6, 6.07) is 5.17. The van der Waals surface area contributed by atoms with Crippen molar-refractivity contribution in [2.45, 2.75) is 31.9 Å². The van der Waals surface area contributed by atoms with Gasteiger partial charge in [-0.05, 0) is 31.0 Å². The third-order valence-corrected chi connectivity index (χ3v) is 3.35. The van der Waals surface area contributed by atoms with E-state index in [0.29, 0.717) is 13.0 Å². The Morgan fingerprint density at radius 2 is 2.19 bits per heavy atom. The van der Waals surface area contributed by atoms with Gasteiger partial charge < -0.3 is 14.7 Å². The van der Waals surface area contributed by atoms with Gasteiger partial charge in [0.05, 0.1) is 6.42 Å². The van der Waals surface area contributed by atoms with Crippen LogP contribution in [0.5, 0.6) is 5.75 Å². The monoisotopic (exact) mass is 299 g/mol. The highest BCUT2D eigenvalue weighted by atomic mass is 19.3. The van der Waals surface area contributed by atoms with Crippen LogP contribution in [0.2, 0.25) is 0 Å². The van der Waals surface area contributed by atoms with Crippen molar-refractivity contribution in [3.05, 3.63) is 29.8 Å². The van der Waals surface area contributed by atoms with Gasteiger partial charge in [-0.3, -0.25) is 9.59 Å². The molecule has 2 rings (SSSR count). The number of amides is 1. The lowest BCUT2D eigenvalue weighted by Gasteiger charge is -2.23. The fraction of sp³-hybridized carbons (Fsp3) is 0.429. The van der Waals surface area contributed by atoms with E-state index in [1.807, 2.05) is 0 Å². The summed E-state index contributed by atoms with van der Waals surface area (Å²) in [7, 11) is 0. The first-order chi connectivity index (χ1) is 9.97. The summed E-state index contributed by atoms with van der Waals surface area (Å²) >= 11 is 0. The molecule has 1 aromatic carbocycles. The zero-order chi connectivity index (χ0) is 15.4. The number of carbonyl (C=O) groups is 2.